The van der Waals surface area contributed by atoms with E-state index in [9.17, 15) is 0 Å². The van der Waals surface area contributed by atoms with Crippen LogP contribution in [-0.2, 0) is 5.75 Å². The average Bonchev–Trinajstić information content (AvgIpc) is 2.90. The second kappa shape index (κ2) is 6.88. The molecule has 1 unspecified atom stereocenters. The molecule has 2 aromatic rings. The molecule has 0 saturated carbocycles. The smallest absolute Gasteiger partial charge is 0.174 e. The lowest BCUT2D eigenvalue weighted by molar-refractivity contribution is 0.337. The first kappa shape index (κ1) is 14.3. The maximum absolute atomic E-state index is 5.93. The van der Waals surface area contributed by atoms with Crippen molar-refractivity contribution in [3.05, 3.63) is 34.8 Å². The van der Waals surface area contributed by atoms with Gasteiger partial charge in [0.05, 0.1) is 6.61 Å². The quantitative estimate of drug-likeness (QED) is 0.829. The van der Waals surface area contributed by atoms with Gasteiger partial charge in [0.2, 0.25) is 0 Å². The summed E-state index contributed by atoms with van der Waals surface area (Å²) in [6.07, 6.45) is 0. The first-order valence-electron chi connectivity index (χ1n) is 6.11. The number of rotatable bonds is 6. The van der Waals surface area contributed by atoms with Crippen LogP contribution in [0.3, 0.4) is 0 Å². The molecule has 0 spiro atoms. The molecule has 0 aliphatic rings. The van der Waals surface area contributed by atoms with Crippen LogP contribution in [0.4, 0.5) is 0 Å². The fourth-order valence-corrected chi connectivity index (χ4v) is 3.12. The van der Waals surface area contributed by atoms with Gasteiger partial charge in [0.25, 0.3) is 0 Å². The standard InChI is InChI=1S/C13H17N3OS2/c1-3-17-12-5-4-10(9(2)14)6-11(12)7-18-13-16-15-8-19-13/h4-6,8-9H,3,7,14H2,1-2H3. The van der Waals surface area contributed by atoms with Crippen LogP contribution >= 0.6 is 23.1 Å². The second-order valence-corrected chi connectivity index (χ2v) is 6.14. The van der Waals surface area contributed by atoms with E-state index >= 15 is 0 Å². The molecule has 0 aliphatic carbocycles. The van der Waals surface area contributed by atoms with E-state index in [0.29, 0.717) is 6.61 Å². The Bertz CT molecular complexity index is 515. The SMILES string of the molecule is CCOc1ccc(C(C)N)cc1CSc1nncs1. The molecular formula is C13H17N3OS2. The molecule has 0 amide bonds. The van der Waals surface area contributed by atoms with Crippen molar-refractivity contribution in [3.8, 4) is 5.75 Å². The minimum atomic E-state index is 0.0287. The Kier molecular flexibility index (Phi) is 5.18. The zero-order valence-electron chi connectivity index (χ0n) is 11.0. The molecule has 6 heteroatoms. The van der Waals surface area contributed by atoms with Gasteiger partial charge in [-0.2, -0.15) is 0 Å². The highest BCUT2D eigenvalue weighted by Gasteiger charge is 2.09. The molecule has 0 bridgehead atoms. The summed E-state index contributed by atoms with van der Waals surface area (Å²) in [5.74, 6) is 1.73. The number of aromatic nitrogens is 2. The van der Waals surface area contributed by atoms with Crippen LogP contribution in [-0.4, -0.2) is 16.8 Å². The van der Waals surface area contributed by atoms with Gasteiger partial charge < -0.3 is 10.5 Å². The van der Waals surface area contributed by atoms with Crippen molar-refractivity contribution in [3.63, 3.8) is 0 Å². The van der Waals surface area contributed by atoms with Crippen LogP contribution in [0, 0.1) is 0 Å². The fourth-order valence-electron chi connectivity index (χ4n) is 1.66. The number of nitrogens with two attached hydrogens (primary N) is 1. The van der Waals surface area contributed by atoms with Crippen molar-refractivity contribution in [2.75, 3.05) is 6.61 Å². The first-order valence-corrected chi connectivity index (χ1v) is 7.97. The van der Waals surface area contributed by atoms with E-state index < -0.39 is 0 Å². The van der Waals surface area contributed by atoms with Crippen LogP contribution in [0.1, 0.15) is 31.0 Å². The summed E-state index contributed by atoms with van der Waals surface area (Å²) in [5.41, 5.74) is 9.94. The largest absolute Gasteiger partial charge is 0.494 e. The van der Waals surface area contributed by atoms with Gasteiger partial charge in [-0.25, -0.2) is 0 Å². The number of nitrogens with zero attached hydrogens (tertiary/aromatic N) is 2. The Morgan fingerprint density at radius 3 is 2.95 bits per heavy atom. The third kappa shape index (κ3) is 3.92. The first-order chi connectivity index (χ1) is 9.20. The lowest BCUT2D eigenvalue weighted by atomic mass is 10.1. The van der Waals surface area contributed by atoms with Crippen LogP contribution in [0.25, 0.3) is 0 Å². The molecule has 19 heavy (non-hydrogen) atoms. The molecule has 1 aromatic heterocycles. The number of thioether (sulfide) groups is 1. The zero-order chi connectivity index (χ0) is 13.7. The van der Waals surface area contributed by atoms with Crippen LogP contribution < -0.4 is 10.5 Å². The third-order valence-corrected chi connectivity index (χ3v) is 4.51. The van der Waals surface area contributed by atoms with Gasteiger partial charge in [0.1, 0.15) is 11.3 Å². The molecule has 0 fully saturated rings. The highest BCUT2D eigenvalue weighted by atomic mass is 32.2. The van der Waals surface area contributed by atoms with Crippen molar-refractivity contribution in [2.45, 2.75) is 30.0 Å². The van der Waals surface area contributed by atoms with Gasteiger partial charge in [-0.15, -0.1) is 10.2 Å². The zero-order valence-corrected chi connectivity index (χ0v) is 12.6. The Morgan fingerprint density at radius 2 is 2.32 bits per heavy atom. The molecule has 1 heterocycles. The van der Waals surface area contributed by atoms with Gasteiger partial charge in [-0.3, -0.25) is 0 Å². The molecular weight excluding hydrogens is 278 g/mol. The Labute approximate surface area is 121 Å². The highest BCUT2D eigenvalue weighted by molar-refractivity contribution is 8.00. The second-order valence-electron chi connectivity index (χ2n) is 4.08. The van der Waals surface area contributed by atoms with Gasteiger partial charge in [-0.05, 0) is 31.5 Å². The molecule has 102 valence electrons. The average molecular weight is 295 g/mol. The Morgan fingerprint density at radius 1 is 1.47 bits per heavy atom. The monoisotopic (exact) mass is 295 g/mol. The van der Waals surface area contributed by atoms with Gasteiger partial charge in [0.15, 0.2) is 4.34 Å². The Hall–Kier alpha value is -1.11. The predicted octanol–water partition coefficient (Wildman–Crippen LogP) is 3.25. The lowest BCUT2D eigenvalue weighted by Crippen LogP contribution is -2.06. The van der Waals surface area contributed by atoms with Crippen molar-refractivity contribution < 1.29 is 4.74 Å². The van der Waals surface area contributed by atoms with E-state index in [0.717, 1.165) is 27.0 Å². The number of ether oxygens (including phenoxy) is 1. The summed E-state index contributed by atoms with van der Waals surface area (Å²) in [7, 11) is 0. The number of hydrogen-bond acceptors (Lipinski definition) is 6. The van der Waals surface area contributed by atoms with E-state index in [2.05, 4.69) is 16.3 Å². The Balaban J connectivity index is 2.16. The number of benzene rings is 1. The van der Waals surface area contributed by atoms with Crippen LogP contribution in [0.5, 0.6) is 5.75 Å². The van der Waals surface area contributed by atoms with Gasteiger partial charge in [-0.1, -0.05) is 29.2 Å². The van der Waals surface area contributed by atoms with E-state index in [1.165, 1.54) is 0 Å². The third-order valence-electron chi connectivity index (χ3n) is 2.60. The molecule has 0 aliphatic heterocycles. The molecule has 0 radical (unpaired) electrons. The lowest BCUT2D eigenvalue weighted by Gasteiger charge is -2.13. The molecule has 0 saturated heterocycles. The highest BCUT2D eigenvalue weighted by Crippen LogP contribution is 2.30. The summed E-state index contributed by atoms with van der Waals surface area (Å²) < 4.78 is 6.62. The molecule has 2 rings (SSSR count). The summed E-state index contributed by atoms with van der Waals surface area (Å²) in [5, 5.41) is 7.87. The molecule has 4 nitrogen and oxygen atoms in total. The summed E-state index contributed by atoms with van der Waals surface area (Å²) in [6.45, 7) is 4.63. The fraction of sp³-hybridized carbons (Fsp3) is 0.385. The molecule has 1 aromatic carbocycles. The van der Waals surface area contributed by atoms with E-state index in [1.54, 1.807) is 28.6 Å². The maximum Gasteiger partial charge on any atom is 0.174 e. The van der Waals surface area contributed by atoms with Crippen molar-refractivity contribution >= 4 is 23.1 Å². The van der Waals surface area contributed by atoms with Crippen LogP contribution in [0.2, 0.25) is 0 Å². The van der Waals surface area contributed by atoms with Crippen molar-refractivity contribution in [1.29, 1.82) is 0 Å². The van der Waals surface area contributed by atoms with E-state index in [4.69, 9.17) is 10.5 Å². The predicted molar refractivity (Wildman–Crippen MR) is 79.7 cm³/mol. The van der Waals surface area contributed by atoms with Gasteiger partial charge in [0, 0.05) is 17.4 Å². The maximum atomic E-state index is 5.93. The minimum Gasteiger partial charge on any atom is -0.494 e. The molecule has 2 N–H and O–H groups in total. The van der Waals surface area contributed by atoms with Crippen molar-refractivity contribution in [1.82, 2.24) is 10.2 Å². The normalized spacial score (nSPS) is 12.4. The summed E-state index contributed by atoms with van der Waals surface area (Å²) in [4.78, 5) is 0. The van der Waals surface area contributed by atoms with Crippen LogP contribution in [0.15, 0.2) is 28.0 Å². The van der Waals surface area contributed by atoms with Gasteiger partial charge >= 0.3 is 0 Å². The summed E-state index contributed by atoms with van der Waals surface area (Å²) in [6, 6.07) is 6.16. The van der Waals surface area contributed by atoms with E-state index in [1.807, 2.05) is 26.0 Å². The summed E-state index contributed by atoms with van der Waals surface area (Å²) >= 11 is 3.21. The molecule has 1 atom stereocenters. The topological polar surface area (TPSA) is 61.0 Å². The number of hydrogen-bond donors (Lipinski definition) is 1. The minimum absolute atomic E-state index is 0.0287. The van der Waals surface area contributed by atoms with Crippen molar-refractivity contribution in [2.24, 2.45) is 5.73 Å². The van der Waals surface area contributed by atoms with E-state index in [-0.39, 0.29) is 6.04 Å².